The van der Waals surface area contributed by atoms with Crippen LogP contribution in [0.5, 0.6) is 0 Å². The molecule has 0 saturated heterocycles. The molecule has 0 fully saturated rings. The summed E-state index contributed by atoms with van der Waals surface area (Å²) in [6.45, 7) is 11.2. The third kappa shape index (κ3) is 5.77. The Labute approximate surface area is 147 Å². The molecule has 0 heterocycles. The summed E-state index contributed by atoms with van der Waals surface area (Å²) in [6, 6.07) is 23.1. The van der Waals surface area contributed by atoms with Gasteiger partial charge in [-0.2, -0.15) is 0 Å². The fraction of sp³-hybridized carbons (Fsp3) is 0.455. The number of hydrogen-bond donors (Lipinski definition) is 1. The van der Waals surface area contributed by atoms with Crippen molar-refractivity contribution in [3.8, 4) is 0 Å². The molecule has 0 saturated carbocycles. The number of rotatable bonds is 9. The zero-order chi connectivity index (χ0) is 17.4. The van der Waals surface area contributed by atoms with Crippen LogP contribution in [0.2, 0.25) is 0 Å². The van der Waals surface area contributed by atoms with E-state index >= 15 is 0 Å². The molecule has 0 bridgehead atoms. The van der Waals surface area contributed by atoms with Crippen molar-refractivity contribution in [3.05, 3.63) is 71.8 Å². The van der Waals surface area contributed by atoms with E-state index in [4.69, 9.17) is 0 Å². The molecule has 0 aliphatic rings. The van der Waals surface area contributed by atoms with Gasteiger partial charge in [0, 0.05) is 31.2 Å². The first-order chi connectivity index (χ1) is 11.6. The van der Waals surface area contributed by atoms with Gasteiger partial charge in [-0.1, -0.05) is 60.7 Å². The van der Waals surface area contributed by atoms with Gasteiger partial charge in [0.25, 0.3) is 0 Å². The van der Waals surface area contributed by atoms with Gasteiger partial charge in [0.05, 0.1) is 0 Å². The van der Waals surface area contributed by atoms with Gasteiger partial charge < -0.3 is 5.32 Å². The van der Waals surface area contributed by atoms with E-state index in [0.717, 1.165) is 19.5 Å². The molecule has 2 rings (SSSR count). The summed E-state index contributed by atoms with van der Waals surface area (Å²) in [5.41, 5.74) is 2.74. The SMILES string of the molecule is CC(C)N(CCNC(Cc1ccccc1)c1ccccc1)C(C)C. The zero-order valence-corrected chi connectivity index (χ0v) is 15.6. The van der Waals surface area contributed by atoms with Crippen molar-refractivity contribution >= 4 is 0 Å². The third-order valence-corrected chi connectivity index (χ3v) is 4.57. The molecule has 2 aromatic carbocycles. The van der Waals surface area contributed by atoms with Crippen LogP contribution < -0.4 is 5.32 Å². The molecule has 2 heteroatoms. The van der Waals surface area contributed by atoms with E-state index in [1.165, 1.54) is 11.1 Å². The van der Waals surface area contributed by atoms with Crippen molar-refractivity contribution in [1.29, 1.82) is 0 Å². The van der Waals surface area contributed by atoms with Crippen LogP contribution in [0.3, 0.4) is 0 Å². The second kappa shape index (κ2) is 9.61. The van der Waals surface area contributed by atoms with Gasteiger partial charge in [-0.3, -0.25) is 4.90 Å². The first-order valence-corrected chi connectivity index (χ1v) is 9.16. The van der Waals surface area contributed by atoms with Crippen LogP contribution in [-0.2, 0) is 6.42 Å². The van der Waals surface area contributed by atoms with E-state index < -0.39 is 0 Å². The van der Waals surface area contributed by atoms with Gasteiger partial charge in [-0.15, -0.1) is 0 Å². The highest BCUT2D eigenvalue weighted by Gasteiger charge is 2.15. The quantitative estimate of drug-likeness (QED) is 0.720. The average Bonchev–Trinajstić information content (AvgIpc) is 2.58. The van der Waals surface area contributed by atoms with Crippen molar-refractivity contribution in [3.63, 3.8) is 0 Å². The van der Waals surface area contributed by atoms with E-state index in [0.29, 0.717) is 18.1 Å². The molecule has 24 heavy (non-hydrogen) atoms. The Kier molecular flexibility index (Phi) is 7.48. The second-order valence-electron chi connectivity index (χ2n) is 7.03. The van der Waals surface area contributed by atoms with E-state index in [2.05, 4.69) is 98.6 Å². The van der Waals surface area contributed by atoms with Gasteiger partial charge in [-0.05, 0) is 45.2 Å². The normalized spacial score (nSPS) is 13.0. The lowest BCUT2D eigenvalue weighted by Crippen LogP contribution is -2.42. The minimum Gasteiger partial charge on any atom is -0.308 e. The first-order valence-electron chi connectivity index (χ1n) is 9.16. The van der Waals surface area contributed by atoms with Crippen molar-refractivity contribution in [2.45, 2.75) is 52.2 Å². The number of nitrogens with one attached hydrogen (secondary N) is 1. The van der Waals surface area contributed by atoms with Gasteiger partial charge >= 0.3 is 0 Å². The minimum atomic E-state index is 0.356. The molecule has 0 aromatic heterocycles. The van der Waals surface area contributed by atoms with E-state index in [9.17, 15) is 0 Å². The van der Waals surface area contributed by atoms with Gasteiger partial charge in [0.2, 0.25) is 0 Å². The summed E-state index contributed by atoms with van der Waals surface area (Å²) in [5.74, 6) is 0. The maximum atomic E-state index is 3.78. The molecule has 1 atom stereocenters. The Balaban J connectivity index is 2.01. The summed E-state index contributed by atoms with van der Waals surface area (Å²) in [7, 11) is 0. The smallest absolute Gasteiger partial charge is 0.0361 e. The lowest BCUT2D eigenvalue weighted by Gasteiger charge is -2.31. The fourth-order valence-electron chi connectivity index (χ4n) is 3.32. The standard InChI is InChI=1S/C22H32N2/c1-18(2)24(19(3)4)16-15-23-22(21-13-9-6-10-14-21)17-20-11-7-5-8-12-20/h5-14,18-19,22-23H,15-17H2,1-4H3. The predicted molar refractivity (Wildman–Crippen MR) is 104 cm³/mol. The lowest BCUT2D eigenvalue weighted by molar-refractivity contribution is 0.174. The first kappa shape index (κ1) is 18.7. The maximum absolute atomic E-state index is 3.78. The van der Waals surface area contributed by atoms with Gasteiger partial charge in [0.1, 0.15) is 0 Å². The number of hydrogen-bond acceptors (Lipinski definition) is 2. The highest BCUT2D eigenvalue weighted by Crippen LogP contribution is 2.18. The fourth-order valence-corrected chi connectivity index (χ4v) is 3.32. The van der Waals surface area contributed by atoms with Gasteiger partial charge in [0.15, 0.2) is 0 Å². The summed E-state index contributed by atoms with van der Waals surface area (Å²) >= 11 is 0. The Hall–Kier alpha value is -1.64. The molecule has 130 valence electrons. The molecule has 0 spiro atoms. The van der Waals surface area contributed by atoms with Crippen LogP contribution in [0.25, 0.3) is 0 Å². The van der Waals surface area contributed by atoms with Crippen LogP contribution in [0.15, 0.2) is 60.7 Å². The number of benzene rings is 2. The monoisotopic (exact) mass is 324 g/mol. The molecular formula is C22H32N2. The molecule has 0 amide bonds. The highest BCUT2D eigenvalue weighted by atomic mass is 15.2. The van der Waals surface area contributed by atoms with Crippen LogP contribution in [0.4, 0.5) is 0 Å². The Morgan fingerprint density at radius 2 is 1.33 bits per heavy atom. The summed E-state index contributed by atoms with van der Waals surface area (Å²) in [4.78, 5) is 2.54. The van der Waals surface area contributed by atoms with E-state index in [1.54, 1.807) is 0 Å². The predicted octanol–water partition coefficient (Wildman–Crippen LogP) is 4.68. The molecule has 2 aromatic rings. The average molecular weight is 325 g/mol. The second-order valence-corrected chi connectivity index (χ2v) is 7.03. The molecule has 1 N–H and O–H groups in total. The van der Waals surface area contributed by atoms with Crippen molar-refractivity contribution in [2.75, 3.05) is 13.1 Å². The zero-order valence-electron chi connectivity index (χ0n) is 15.6. The van der Waals surface area contributed by atoms with Crippen LogP contribution >= 0.6 is 0 Å². The Bertz CT molecular complexity index is 555. The van der Waals surface area contributed by atoms with Crippen LogP contribution in [-0.4, -0.2) is 30.1 Å². The summed E-state index contributed by atoms with van der Waals surface area (Å²) < 4.78 is 0. The maximum Gasteiger partial charge on any atom is 0.0361 e. The molecule has 0 radical (unpaired) electrons. The highest BCUT2D eigenvalue weighted by molar-refractivity contribution is 5.23. The Morgan fingerprint density at radius 3 is 1.88 bits per heavy atom. The summed E-state index contributed by atoms with van der Waals surface area (Å²) in [6.07, 6.45) is 1.02. The van der Waals surface area contributed by atoms with Crippen LogP contribution in [0.1, 0.15) is 44.9 Å². The summed E-state index contributed by atoms with van der Waals surface area (Å²) in [5, 5.41) is 3.78. The van der Waals surface area contributed by atoms with Gasteiger partial charge in [-0.25, -0.2) is 0 Å². The molecule has 2 nitrogen and oxygen atoms in total. The molecule has 0 aliphatic heterocycles. The largest absolute Gasteiger partial charge is 0.308 e. The molecular weight excluding hydrogens is 292 g/mol. The molecule has 0 aliphatic carbocycles. The lowest BCUT2D eigenvalue weighted by atomic mass is 9.99. The Morgan fingerprint density at radius 1 is 0.792 bits per heavy atom. The third-order valence-electron chi connectivity index (χ3n) is 4.57. The van der Waals surface area contributed by atoms with Crippen molar-refractivity contribution in [1.82, 2.24) is 10.2 Å². The number of nitrogens with zero attached hydrogens (tertiary/aromatic N) is 1. The van der Waals surface area contributed by atoms with Crippen molar-refractivity contribution in [2.24, 2.45) is 0 Å². The van der Waals surface area contributed by atoms with E-state index in [-0.39, 0.29) is 0 Å². The van der Waals surface area contributed by atoms with Crippen LogP contribution in [0, 0.1) is 0 Å². The van der Waals surface area contributed by atoms with E-state index in [1.807, 2.05) is 0 Å². The van der Waals surface area contributed by atoms with Crippen molar-refractivity contribution < 1.29 is 0 Å². The topological polar surface area (TPSA) is 15.3 Å². The minimum absolute atomic E-state index is 0.356. The molecule has 1 unspecified atom stereocenters.